The van der Waals surface area contributed by atoms with Crippen LogP contribution in [0.2, 0.25) is 0 Å². The number of likely N-dealkylation sites (tertiary alicyclic amines) is 1. The molecule has 3 rings (SSSR count). The minimum absolute atomic E-state index is 0.0735. The van der Waals surface area contributed by atoms with Crippen LogP contribution >= 0.6 is 15.9 Å². The minimum atomic E-state index is -4.66. The molecule has 1 fully saturated rings. The van der Waals surface area contributed by atoms with E-state index >= 15 is 0 Å². The maximum Gasteiger partial charge on any atom is 0.470 e. The highest BCUT2D eigenvalue weighted by molar-refractivity contribution is 9.10. The number of piperidine rings is 1. The van der Waals surface area contributed by atoms with E-state index in [2.05, 4.69) is 26.1 Å². The van der Waals surface area contributed by atoms with Gasteiger partial charge in [-0.2, -0.15) is 13.2 Å². The molecule has 0 N–H and O–H groups in total. The molecule has 1 saturated heterocycles. The van der Waals surface area contributed by atoms with Crippen molar-refractivity contribution in [2.24, 2.45) is 0 Å². The Labute approximate surface area is 144 Å². The molecule has 128 valence electrons. The van der Waals surface area contributed by atoms with Gasteiger partial charge in [0.05, 0.1) is 5.92 Å². The quantitative estimate of drug-likeness (QED) is 0.763. The fourth-order valence-electron chi connectivity index (χ4n) is 2.65. The van der Waals surface area contributed by atoms with E-state index in [1.165, 1.54) is 0 Å². The lowest BCUT2D eigenvalue weighted by molar-refractivity contribution is -0.157. The summed E-state index contributed by atoms with van der Waals surface area (Å²) >= 11 is 3.30. The van der Waals surface area contributed by atoms with E-state index in [0.717, 1.165) is 4.47 Å². The second-order valence-corrected chi connectivity index (χ2v) is 6.46. The predicted molar refractivity (Wildman–Crippen MR) is 81.3 cm³/mol. The number of alkyl halides is 3. The van der Waals surface area contributed by atoms with Crippen molar-refractivity contribution in [2.75, 3.05) is 13.1 Å². The Balaban J connectivity index is 1.73. The Bertz CT molecular complexity index is 730. The third kappa shape index (κ3) is 3.61. The maximum atomic E-state index is 12.6. The van der Waals surface area contributed by atoms with Gasteiger partial charge in [-0.15, -0.1) is 10.2 Å². The van der Waals surface area contributed by atoms with Crippen molar-refractivity contribution in [1.29, 1.82) is 0 Å². The second-order valence-electron chi connectivity index (χ2n) is 5.54. The van der Waals surface area contributed by atoms with Crippen LogP contribution < -0.4 is 0 Å². The summed E-state index contributed by atoms with van der Waals surface area (Å²) in [6, 6.07) is 6.93. The van der Waals surface area contributed by atoms with Crippen LogP contribution in [0.25, 0.3) is 0 Å². The summed E-state index contributed by atoms with van der Waals surface area (Å²) in [4.78, 5) is 14.1. The van der Waals surface area contributed by atoms with Gasteiger partial charge in [0, 0.05) is 23.1 Å². The Hall–Kier alpha value is -1.90. The monoisotopic (exact) mass is 403 g/mol. The van der Waals surface area contributed by atoms with Crippen LogP contribution in [0.15, 0.2) is 33.2 Å². The van der Waals surface area contributed by atoms with E-state index in [4.69, 9.17) is 4.42 Å². The molecule has 2 heterocycles. The van der Waals surface area contributed by atoms with E-state index in [9.17, 15) is 18.0 Å². The first-order valence-electron chi connectivity index (χ1n) is 7.30. The Morgan fingerprint density at radius 3 is 2.58 bits per heavy atom. The van der Waals surface area contributed by atoms with Crippen LogP contribution in [-0.2, 0) is 6.18 Å². The number of aromatic nitrogens is 2. The fraction of sp³-hybridized carbons (Fsp3) is 0.400. The van der Waals surface area contributed by atoms with E-state index in [1.807, 2.05) is 0 Å². The molecule has 0 spiro atoms. The molecule has 0 saturated carbocycles. The molecular formula is C15H13BrF3N3O2. The Morgan fingerprint density at radius 2 is 1.96 bits per heavy atom. The minimum Gasteiger partial charge on any atom is -0.417 e. The highest BCUT2D eigenvalue weighted by atomic mass is 79.9. The van der Waals surface area contributed by atoms with Gasteiger partial charge in [0.25, 0.3) is 5.91 Å². The zero-order chi connectivity index (χ0) is 17.3. The Kier molecular flexibility index (Phi) is 4.62. The molecule has 1 amide bonds. The van der Waals surface area contributed by atoms with Gasteiger partial charge < -0.3 is 9.32 Å². The lowest BCUT2D eigenvalue weighted by Gasteiger charge is -2.31. The molecule has 9 heteroatoms. The number of amides is 1. The molecule has 5 nitrogen and oxygen atoms in total. The van der Waals surface area contributed by atoms with Gasteiger partial charge in [-0.1, -0.05) is 15.9 Å². The molecule has 0 radical (unpaired) electrons. The zero-order valence-electron chi connectivity index (χ0n) is 12.4. The van der Waals surface area contributed by atoms with Crippen LogP contribution in [-0.4, -0.2) is 34.1 Å². The molecule has 1 unspecified atom stereocenters. The number of halogens is 4. The van der Waals surface area contributed by atoms with Gasteiger partial charge in [0.1, 0.15) is 0 Å². The summed E-state index contributed by atoms with van der Waals surface area (Å²) in [5, 5.41) is 6.55. The van der Waals surface area contributed by atoms with E-state index in [-0.39, 0.29) is 24.3 Å². The second kappa shape index (κ2) is 6.54. The van der Waals surface area contributed by atoms with Gasteiger partial charge in [-0.05, 0) is 37.1 Å². The van der Waals surface area contributed by atoms with Crippen molar-refractivity contribution in [3.63, 3.8) is 0 Å². The van der Waals surface area contributed by atoms with Gasteiger partial charge >= 0.3 is 12.1 Å². The standard InChI is InChI=1S/C15H13BrF3N3O2/c16-11-5-3-9(4-6-11)13(23)22-7-1-2-10(8-22)12-20-21-14(24-12)15(17,18)19/h3-6,10H,1-2,7-8H2. The number of carbonyl (C=O) groups is 1. The van der Waals surface area contributed by atoms with Crippen molar-refractivity contribution in [2.45, 2.75) is 24.9 Å². The molecular weight excluding hydrogens is 391 g/mol. The first-order chi connectivity index (χ1) is 11.3. The molecule has 1 aromatic heterocycles. The summed E-state index contributed by atoms with van der Waals surface area (Å²) < 4.78 is 43.3. The first-order valence-corrected chi connectivity index (χ1v) is 8.09. The van der Waals surface area contributed by atoms with Crippen LogP contribution in [0.1, 0.15) is 40.9 Å². The molecule has 1 aromatic carbocycles. The highest BCUT2D eigenvalue weighted by Gasteiger charge is 2.39. The third-order valence-corrected chi connectivity index (χ3v) is 4.36. The molecule has 1 atom stereocenters. The molecule has 0 aliphatic carbocycles. The van der Waals surface area contributed by atoms with Crippen molar-refractivity contribution >= 4 is 21.8 Å². The van der Waals surface area contributed by atoms with Crippen molar-refractivity contribution in [1.82, 2.24) is 15.1 Å². The molecule has 2 aromatic rings. The molecule has 0 bridgehead atoms. The van der Waals surface area contributed by atoms with Crippen LogP contribution in [0.4, 0.5) is 13.2 Å². The first kappa shape index (κ1) is 16.9. The van der Waals surface area contributed by atoms with Gasteiger partial charge in [0.15, 0.2) is 0 Å². The largest absolute Gasteiger partial charge is 0.470 e. The van der Waals surface area contributed by atoms with Crippen molar-refractivity contribution in [3.8, 4) is 0 Å². The highest BCUT2D eigenvalue weighted by Crippen LogP contribution is 2.32. The van der Waals surface area contributed by atoms with Gasteiger partial charge in [0.2, 0.25) is 5.89 Å². The molecule has 1 aliphatic heterocycles. The molecule has 1 aliphatic rings. The topological polar surface area (TPSA) is 59.2 Å². The number of carbonyl (C=O) groups excluding carboxylic acids is 1. The number of hydrogen-bond acceptors (Lipinski definition) is 4. The van der Waals surface area contributed by atoms with E-state index in [1.54, 1.807) is 29.2 Å². The molecule has 24 heavy (non-hydrogen) atoms. The van der Waals surface area contributed by atoms with Gasteiger partial charge in [-0.25, -0.2) is 0 Å². The van der Waals surface area contributed by atoms with Crippen molar-refractivity contribution < 1.29 is 22.4 Å². The summed E-state index contributed by atoms with van der Waals surface area (Å²) in [5.74, 6) is -1.98. The number of rotatable bonds is 2. The summed E-state index contributed by atoms with van der Waals surface area (Å²) in [6.07, 6.45) is -3.40. The van der Waals surface area contributed by atoms with E-state index in [0.29, 0.717) is 24.9 Å². The maximum absolute atomic E-state index is 12.6. The summed E-state index contributed by atoms with van der Waals surface area (Å²) in [5.41, 5.74) is 0.528. The van der Waals surface area contributed by atoms with Crippen molar-refractivity contribution in [3.05, 3.63) is 46.1 Å². The number of benzene rings is 1. The average molecular weight is 404 g/mol. The number of nitrogens with zero attached hydrogens (tertiary/aromatic N) is 3. The van der Waals surface area contributed by atoms with Crippen LogP contribution in [0, 0.1) is 0 Å². The summed E-state index contributed by atoms with van der Waals surface area (Å²) in [7, 11) is 0. The lowest BCUT2D eigenvalue weighted by Crippen LogP contribution is -2.39. The Morgan fingerprint density at radius 1 is 1.25 bits per heavy atom. The summed E-state index contributed by atoms with van der Waals surface area (Å²) in [6.45, 7) is 0.806. The normalized spacial score (nSPS) is 18.7. The zero-order valence-corrected chi connectivity index (χ0v) is 14.0. The third-order valence-electron chi connectivity index (χ3n) is 3.83. The smallest absolute Gasteiger partial charge is 0.417 e. The average Bonchev–Trinajstić information content (AvgIpc) is 3.05. The lowest BCUT2D eigenvalue weighted by atomic mass is 9.97. The van der Waals surface area contributed by atoms with Crippen LogP contribution in [0.3, 0.4) is 0 Å². The predicted octanol–water partition coefficient (Wildman–Crippen LogP) is 3.87. The van der Waals surface area contributed by atoms with E-state index < -0.39 is 12.1 Å². The SMILES string of the molecule is O=C(c1ccc(Br)cc1)N1CCCC(c2nnc(C(F)(F)F)o2)C1. The van der Waals surface area contributed by atoms with Crippen LogP contribution in [0.5, 0.6) is 0 Å². The fourth-order valence-corrected chi connectivity index (χ4v) is 2.92. The number of hydrogen-bond donors (Lipinski definition) is 0. The van der Waals surface area contributed by atoms with Gasteiger partial charge in [-0.3, -0.25) is 4.79 Å².